The zero-order chi connectivity index (χ0) is 15.5. The maximum Gasteiger partial charge on any atom is 0.305 e. The third-order valence-electron chi connectivity index (χ3n) is 3.74. The Balaban J connectivity index is 1.90. The van der Waals surface area contributed by atoms with Gasteiger partial charge in [0.25, 0.3) is 0 Å². The van der Waals surface area contributed by atoms with E-state index in [0.717, 1.165) is 0 Å². The number of amides is 1. The fourth-order valence-corrected chi connectivity index (χ4v) is 4.19. The van der Waals surface area contributed by atoms with Crippen LogP contribution in [0.4, 0.5) is 0 Å². The van der Waals surface area contributed by atoms with Gasteiger partial charge in [-0.3, -0.25) is 9.59 Å². The van der Waals surface area contributed by atoms with E-state index in [2.05, 4.69) is 0 Å². The fourth-order valence-electron chi connectivity index (χ4n) is 2.66. The first-order valence-electron chi connectivity index (χ1n) is 6.97. The van der Waals surface area contributed by atoms with Gasteiger partial charge >= 0.3 is 5.97 Å². The van der Waals surface area contributed by atoms with E-state index >= 15 is 0 Å². The number of carbonyl (C=O) groups excluding carboxylic acids is 1. The highest BCUT2D eigenvalue weighted by Crippen LogP contribution is 2.16. The Bertz CT molecular complexity index is 506. The molecule has 2 fully saturated rings. The molecule has 1 N–H and O–H groups in total. The van der Waals surface area contributed by atoms with Gasteiger partial charge in [-0.15, -0.1) is 0 Å². The second-order valence-electron chi connectivity index (χ2n) is 5.23. The first kappa shape index (κ1) is 16.2. The van der Waals surface area contributed by atoms with Gasteiger partial charge in [0.05, 0.1) is 31.4 Å². The molecule has 2 heterocycles. The molecule has 1 amide bonds. The molecule has 0 spiro atoms. The Kier molecular flexibility index (Phi) is 5.17. The molecule has 2 aliphatic rings. The summed E-state index contributed by atoms with van der Waals surface area (Å²) in [5.41, 5.74) is 0. The van der Waals surface area contributed by atoms with E-state index < -0.39 is 22.0 Å². The van der Waals surface area contributed by atoms with Crippen molar-refractivity contribution in [2.45, 2.75) is 25.3 Å². The van der Waals surface area contributed by atoms with Crippen LogP contribution in [-0.2, 0) is 24.3 Å². The van der Waals surface area contributed by atoms with E-state index in [-0.39, 0.29) is 37.7 Å². The van der Waals surface area contributed by atoms with Crippen LogP contribution in [0.3, 0.4) is 0 Å². The minimum atomic E-state index is -3.20. The number of ether oxygens (including phenoxy) is 1. The smallest absolute Gasteiger partial charge is 0.305 e. The molecule has 0 aromatic carbocycles. The molecular formula is C12H20N2O6S. The van der Waals surface area contributed by atoms with Gasteiger partial charge in [-0.25, -0.2) is 12.7 Å². The first-order valence-corrected chi connectivity index (χ1v) is 8.58. The lowest BCUT2D eigenvalue weighted by molar-refractivity contribution is -0.146. The summed E-state index contributed by atoms with van der Waals surface area (Å²) in [5, 5.41) is 8.86. The number of rotatable bonds is 5. The predicted octanol–water partition coefficient (Wildman–Crippen LogP) is -0.886. The van der Waals surface area contributed by atoms with Crippen molar-refractivity contribution in [3.8, 4) is 0 Å². The van der Waals surface area contributed by atoms with Gasteiger partial charge < -0.3 is 14.7 Å². The molecule has 2 saturated heterocycles. The summed E-state index contributed by atoms with van der Waals surface area (Å²) in [6.07, 6.45) is 0.513. The molecule has 120 valence electrons. The van der Waals surface area contributed by atoms with E-state index in [4.69, 9.17) is 9.84 Å². The number of carboxylic acid groups (broad SMARTS) is 1. The lowest BCUT2D eigenvalue weighted by Gasteiger charge is -2.35. The zero-order valence-corrected chi connectivity index (χ0v) is 12.5. The number of carboxylic acids is 1. The Morgan fingerprint density at radius 1 is 1.29 bits per heavy atom. The van der Waals surface area contributed by atoms with Crippen LogP contribution in [0.15, 0.2) is 0 Å². The normalized spacial score (nSPS) is 25.9. The molecule has 2 aliphatic heterocycles. The van der Waals surface area contributed by atoms with Gasteiger partial charge in [-0.1, -0.05) is 0 Å². The largest absolute Gasteiger partial charge is 0.481 e. The Hall–Kier alpha value is -1.19. The lowest BCUT2D eigenvalue weighted by atomic mass is 10.1. The van der Waals surface area contributed by atoms with Gasteiger partial charge in [-0.05, 0) is 6.42 Å². The van der Waals surface area contributed by atoms with Crippen molar-refractivity contribution >= 4 is 21.9 Å². The Labute approximate surface area is 123 Å². The van der Waals surface area contributed by atoms with Gasteiger partial charge in [0.1, 0.15) is 0 Å². The first-order chi connectivity index (χ1) is 9.90. The average Bonchev–Trinajstić information content (AvgIpc) is 2.75. The van der Waals surface area contributed by atoms with Crippen molar-refractivity contribution in [1.82, 2.24) is 9.21 Å². The number of carbonyl (C=O) groups is 2. The quantitative estimate of drug-likeness (QED) is 0.705. The predicted molar refractivity (Wildman–Crippen MR) is 73.2 cm³/mol. The molecule has 0 radical (unpaired) electrons. The molecule has 21 heavy (non-hydrogen) atoms. The van der Waals surface area contributed by atoms with Gasteiger partial charge in [0.15, 0.2) is 0 Å². The van der Waals surface area contributed by atoms with Crippen molar-refractivity contribution in [2.75, 3.05) is 38.6 Å². The number of sulfonamides is 1. The van der Waals surface area contributed by atoms with E-state index in [1.165, 1.54) is 9.21 Å². The van der Waals surface area contributed by atoms with Crippen LogP contribution in [0.25, 0.3) is 0 Å². The monoisotopic (exact) mass is 320 g/mol. The molecular weight excluding hydrogens is 300 g/mol. The van der Waals surface area contributed by atoms with Gasteiger partial charge in [-0.2, -0.15) is 0 Å². The fraction of sp³-hybridized carbons (Fsp3) is 0.833. The summed E-state index contributed by atoms with van der Waals surface area (Å²) in [5.74, 6) is -1.06. The molecule has 0 aromatic heterocycles. The summed E-state index contributed by atoms with van der Waals surface area (Å²) in [4.78, 5) is 24.5. The summed E-state index contributed by atoms with van der Waals surface area (Å²) in [6.45, 7) is 1.56. The van der Waals surface area contributed by atoms with Crippen LogP contribution in [0, 0.1) is 0 Å². The minimum Gasteiger partial charge on any atom is -0.481 e. The second kappa shape index (κ2) is 6.71. The number of nitrogens with zero attached hydrogens (tertiary/aromatic N) is 2. The molecule has 2 rings (SSSR count). The van der Waals surface area contributed by atoms with Crippen molar-refractivity contribution in [2.24, 2.45) is 0 Å². The average molecular weight is 320 g/mol. The van der Waals surface area contributed by atoms with E-state index in [1.807, 2.05) is 0 Å². The molecule has 8 nitrogen and oxygen atoms in total. The lowest BCUT2D eigenvalue weighted by Crippen LogP contribution is -2.50. The number of morpholine rings is 1. The van der Waals surface area contributed by atoms with Crippen LogP contribution in [-0.4, -0.2) is 79.2 Å². The standard InChI is InChI=1S/C12H20N2O6S/c15-11(2-4-13-3-1-7-21(13,18)19)14-5-6-20-9-10(14)8-12(16)17/h10H,1-9H2,(H,16,17). The molecule has 0 saturated carbocycles. The summed E-state index contributed by atoms with van der Waals surface area (Å²) in [7, 11) is -3.20. The zero-order valence-electron chi connectivity index (χ0n) is 11.7. The number of hydrogen-bond acceptors (Lipinski definition) is 5. The van der Waals surface area contributed by atoms with Crippen LogP contribution < -0.4 is 0 Å². The van der Waals surface area contributed by atoms with Crippen molar-refractivity contribution in [3.05, 3.63) is 0 Å². The maximum atomic E-state index is 12.2. The molecule has 9 heteroatoms. The van der Waals surface area contributed by atoms with Crippen molar-refractivity contribution in [1.29, 1.82) is 0 Å². The second-order valence-corrected chi connectivity index (χ2v) is 7.32. The SMILES string of the molecule is O=C(O)CC1COCCN1C(=O)CCN1CCCS1(=O)=O. The maximum absolute atomic E-state index is 12.2. The number of hydrogen-bond donors (Lipinski definition) is 1. The highest BCUT2D eigenvalue weighted by molar-refractivity contribution is 7.89. The molecule has 0 aliphatic carbocycles. The molecule has 0 bridgehead atoms. The third-order valence-corrected chi connectivity index (χ3v) is 5.69. The molecule has 1 unspecified atom stereocenters. The van der Waals surface area contributed by atoms with Crippen LogP contribution >= 0.6 is 0 Å². The minimum absolute atomic E-state index is 0.0787. The summed E-state index contributed by atoms with van der Waals surface area (Å²) < 4.78 is 29.9. The van der Waals surface area contributed by atoms with E-state index in [9.17, 15) is 18.0 Å². The van der Waals surface area contributed by atoms with Crippen molar-refractivity contribution < 1.29 is 27.9 Å². The highest BCUT2D eigenvalue weighted by Gasteiger charge is 2.32. The van der Waals surface area contributed by atoms with Crippen LogP contribution in [0.5, 0.6) is 0 Å². The van der Waals surface area contributed by atoms with Crippen LogP contribution in [0.1, 0.15) is 19.3 Å². The Morgan fingerprint density at radius 2 is 2.05 bits per heavy atom. The van der Waals surface area contributed by atoms with Crippen molar-refractivity contribution in [3.63, 3.8) is 0 Å². The number of aliphatic carboxylic acids is 1. The topological polar surface area (TPSA) is 104 Å². The summed E-state index contributed by atoms with van der Waals surface area (Å²) in [6, 6.07) is -0.473. The molecule has 1 atom stereocenters. The summed E-state index contributed by atoms with van der Waals surface area (Å²) >= 11 is 0. The highest BCUT2D eigenvalue weighted by atomic mass is 32.2. The van der Waals surface area contributed by atoms with Gasteiger partial charge in [0, 0.05) is 26.1 Å². The van der Waals surface area contributed by atoms with E-state index in [1.54, 1.807) is 0 Å². The van der Waals surface area contributed by atoms with Gasteiger partial charge in [0.2, 0.25) is 15.9 Å². The van der Waals surface area contributed by atoms with E-state index in [0.29, 0.717) is 26.1 Å². The van der Waals surface area contributed by atoms with Crippen LogP contribution in [0.2, 0.25) is 0 Å². The Morgan fingerprint density at radius 3 is 2.67 bits per heavy atom. The molecule has 0 aromatic rings. The third kappa shape index (κ3) is 4.14.